The van der Waals surface area contributed by atoms with E-state index in [1.807, 2.05) is 6.92 Å². The molecular formula is C12H21NO3. The average molecular weight is 227 g/mol. The van der Waals surface area contributed by atoms with E-state index in [1.165, 1.54) is 6.92 Å². The number of carbonyl (C=O) groups is 1. The van der Waals surface area contributed by atoms with E-state index in [2.05, 4.69) is 6.58 Å². The summed E-state index contributed by atoms with van der Waals surface area (Å²) >= 11 is 0. The van der Waals surface area contributed by atoms with Crippen LogP contribution in [-0.4, -0.2) is 45.8 Å². The molecule has 0 radical (unpaired) electrons. The van der Waals surface area contributed by atoms with Crippen LogP contribution in [0.1, 0.15) is 26.7 Å². The summed E-state index contributed by atoms with van der Waals surface area (Å²) in [5.41, 5.74) is 0. The number of hydrogen-bond donors (Lipinski definition) is 2. The number of carbonyl (C=O) groups excluding carboxylic acids is 1. The Labute approximate surface area is 96.6 Å². The first-order chi connectivity index (χ1) is 7.58. The van der Waals surface area contributed by atoms with Crippen LogP contribution in [0.15, 0.2) is 12.7 Å². The molecule has 1 heterocycles. The lowest BCUT2D eigenvalue weighted by Gasteiger charge is -2.29. The molecule has 4 nitrogen and oxygen atoms in total. The van der Waals surface area contributed by atoms with Gasteiger partial charge in [0.25, 0.3) is 0 Å². The number of likely N-dealkylation sites (tertiary alicyclic amines) is 1. The second-order valence-corrected chi connectivity index (χ2v) is 4.34. The Balaban J connectivity index is 2.99. The molecule has 0 saturated carbocycles. The van der Waals surface area contributed by atoms with Gasteiger partial charge < -0.3 is 15.1 Å². The quantitative estimate of drug-likeness (QED) is 0.689. The first-order valence-corrected chi connectivity index (χ1v) is 5.78. The fraction of sp³-hybridized carbons (Fsp3) is 0.750. The zero-order chi connectivity index (χ0) is 12.3. The number of amides is 1. The van der Waals surface area contributed by atoms with Crippen molar-refractivity contribution in [1.29, 1.82) is 0 Å². The maximum absolute atomic E-state index is 11.6. The Hall–Kier alpha value is -0.870. The van der Waals surface area contributed by atoms with Crippen LogP contribution in [-0.2, 0) is 4.79 Å². The summed E-state index contributed by atoms with van der Waals surface area (Å²) in [6.45, 7) is 7.02. The van der Waals surface area contributed by atoms with Crippen LogP contribution >= 0.6 is 0 Å². The van der Waals surface area contributed by atoms with Gasteiger partial charge in [-0.2, -0.15) is 0 Å². The normalized spacial score (nSPS) is 34.1. The summed E-state index contributed by atoms with van der Waals surface area (Å²) < 4.78 is 0. The van der Waals surface area contributed by atoms with E-state index >= 15 is 0 Å². The molecule has 4 atom stereocenters. The molecule has 4 heteroatoms. The summed E-state index contributed by atoms with van der Waals surface area (Å²) in [5, 5.41) is 19.3. The van der Waals surface area contributed by atoms with Gasteiger partial charge in [0.15, 0.2) is 0 Å². The molecule has 16 heavy (non-hydrogen) atoms. The van der Waals surface area contributed by atoms with Crippen molar-refractivity contribution in [3.63, 3.8) is 0 Å². The minimum Gasteiger partial charge on any atom is -0.394 e. The van der Waals surface area contributed by atoms with Crippen molar-refractivity contribution in [3.05, 3.63) is 12.7 Å². The molecular weight excluding hydrogens is 206 g/mol. The van der Waals surface area contributed by atoms with E-state index < -0.39 is 12.1 Å². The monoisotopic (exact) mass is 227 g/mol. The third-order valence-electron chi connectivity index (χ3n) is 3.35. The summed E-state index contributed by atoms with van der Waals surface area (Å²) in [6, 6.07) is -0.524. The van der Waals surface area contributed by atoms with Crippen LogP contribution in [0.25, 0.3) is 0 Å². The fourth-order valence-electron chi connectivity index (χ4n) is 2.67. The number of nitrogens with zero attached hydrogens (tertiary/aromatic N) is 1. The van der Waals surface area contributed by atoms with Gasteiger partial charge in [0.1, 0.15) is 0 Å². The average Bonchev–Trinajstić information content (AvgIpc) is 2.51. The van der Waals surface area contributed by atoms with Gasteiger partial charge >= 0.3 is 0 Å². The molecule has 92 valence electrons. The first-order valence-electron chi connectivity index (χ1n) is 5.78. The Kier molecular flexibility index (Phi) is 4.50. The second kappa shape index (κ2) is 5.46. The Morgan fingerprint density at radius 3 is 2.50 bits per heavy atom. The Bertz CT molecular complexity index is 267. The van der Waals surface area contributed by atoms with Crippen molar-refractivity contribution in [1.82, 2.24) is 4.90 Å². The predicted molar refractivity (Wildman–Crippen MR) is 61.8 cm³/mol. The summed E-state index contributed by atoms with van der Waals surface area (Å²) in [5.74, 6) is -0.234. The van der Waals surface area contributed by atoms with Gasteiger partial charge in [0.05, 0.1) is 18.8 Å². The maximum atomic E-state index is 11.6. The standard InChI is InChI=1S/C12H21NO3/c1-4-6-10-9(5-2)12(16)11(7-14)13(10)8(3)15/h5,9-12,14,16H,2,4,6-7H2,1,3H3. The summed E-state index contributed by atoms with van der Waals surface area (Å²) in [4.78, 5) is 13.2. The van der Waals surface area contributed by atoms with Gasteiger partial charge in [-0.1, -0.05) is 19.4 Å². The van der Waals surface area contributed by atoms with Crippen LogP contribution in [0, 0.1) is 5.92 Å². The van der Waals surface area contributed by atoms with Gasteiger partial charge in [0.2, 0.25) is 5.91 Å². The second-order valence-electron chi connectivity index (χ2n) is 4.34. The minimum absolute atomic E-state index is 0.0350. The van der Waals surface area contributed by atoms with Crippen LogP contribution in [0.4, 0.5) is 0 Å². The lowest BCUT2D eigenvalue weighted by Crippen LogP contribution is -2.44. The predicted octanol–water partition coefficient (Wildman–Crippen LogP) is 0.541. The summed E-state index contributed by atoms with van der Waals surface area (Å²) in [7, 11) is 0. The molecule has 1 amide bonds. The maximum Gasteiger partial charge on any atom is 0.220 e. The zero-order valence-electron chi connectivity index (χ0n) is 9.97. The van der Waals surface area contributed by atoms with Crippen molar-refractivity contribution < 1.29 is 15.0 Å². The topological polar surface area (TPSA) is 60.8 Å². The molecule has 0 aromatic heterocycles. The Morgan fingerprint density at radius 1 is 1.50 bits per heavy atom. The molecule has 0 spiro atoms. The van der Waals surface area contributed by atoms with Crippen molar-refractivity contribution in [3.8, 4) is 0 Å². The van der Waals surface area contributed by atoms with E-state index in [9.17, 15) is 15.0 Å². The number of rotatable bonds is 4. The molecule has 1 fully saturated rings. The highest BCUT2D eigenvalue weighted by molar-refractivity contribution is 5.74. The lowest BCUT2D eigenvalue weighted by atomic mass is 9.93. The highest BCUT2D eigenvalue weighted by Gasteiger charge is 2.47. The molecule has 0 aliphatic carbocycles. The molecule has 2 N–H and O–H groups in total. The lowest BCUT2D eigenvalue weighted by molar-refractivity contribution is -0.133. The zero-order valence-corrected chi connectivity index (χ0v) is 9.97. The third kappa shape index (κ3) is 2.13. The molecule has 0 aromatic rings. The smallest absolute Gasteiger partial charge is 0.220 e. The first kappa shape index (κ1) is 13.2. The minimum atomic E-state index is -0.706. The molecule has 1 aliphatic rings. The molecule has 0 bridgehead atoms. The van der Waals surface area contributed by atoms with Crippen LogP contribution in [0.3, 0.4) is 0 Å². The van der Waals surface area contributed by atoms with E-state index in [0.29, 0.717) is 0 Å². The van der Waals surface area contributed by atoms with Crippen LogP contribution in [0.5, 0.6) is 0 Å². The number of aliphatic hydroxyl groups is 2. The summed E-state index contributed by atoms with van der Waals surface area (Å²) in [6.07, 6.45) is 2.74. The van der Waals surface area contributed by atoms with Gasteiger partial charge in [-0.05, 0) is 6.42 Å². The third-order valence-corrected chi connectivity index (χ3v) is 3.35. The van der Waals surface area contributed by atoms with Crippen molar-refractivity contribution in [2.24, 2.45) is 5.92 Å². The number of aliphatic hydroxyl groups excluding tert-OH is 2. The highest BCUT2D eigenvalue weighted by atomic mass is 16.3. The molecule has 1 rings (SSSR count). The molecule has 4 unspecified atom stereocenters. The molecule has 0 aromatic carbocycles. The van der Waals surface area contributed by atoms with Crippen molar-refractivity contribution in [2.75, 3.05) is 6.61 Å². The van der Waals surface area contributed by atoms with Crippen molar-refractivity contribution >= 4 is 5.91 Å². The number of hydrogen-bond acceptors (Lipinski definition) is 3. The van der Waals surface area contributed by atoms with Crippen LogP contribution < -0.4 is 0 Å². The van der Waals surface area contributed by atoms with Gasteiger partial charge in [-0.15, -0.1) is 6.58 Å². The molecule has 1 aliphatic heterocycles. The van der Waals surface area contributed by atoms with E-state index in [1.54, 1.807) is 11.0 Å². The van der Waals surface area contributed by atoms with E-state index in [4.69, 9.17) is 0 Å². The van der Waals surface area contributed by atoms with E-state index in [-0.39, 0.29) is 24.5 Å². The van der Waals surface area contributed by atoms with E-state index in [0.717, 1.165) is 12.8 Å². The SMILES string of the molecule is C=CC1C(O)C(CO)N(C(C)=O)C1CCC. The fourth-order valence-corrected chi connectivity index (χ4v) is 2.67. The Morgan fingerprint density at radius 2 is 2.12 bits per heavy atom. The highest BCUT2D eigenvalue weighted by Crippen LogP contribution is 2.33. The molecule has 1 saturated heterocycles. The van der Waals surface area contributed by atoms with Gasteiger partial charge in [0, 0.05) is 18.9 Å². The van der Waals surface area contributed by atoms with Crippen LogP contribution in [0.2, 0.25) is 0 Å². The van der Waals surface area contributed by atoms with Gasteiger partial charge in [-0.25, -0.2) is 0 Å². The largest absolute Gasteiger partial charge is 0.394 e. The van der Waals surface area contributed by atoms with Gasteiger partial charge in [-0.3, -0.25) is 4.79 Å². The van der Waals surface area contributed by atoms with Crippen molar-refractivity contribution in [2.45, 2.75) is 44.9 Å².